The third kappa shape index (κ3) is 2.80. The summed E-state index contributed by atoms with van der Waals surface area (Å²) >= 11 is 5.34. The molecule has 1 fully saturated rings. The number of carbonyl (C=O) groups is 1. The molecule has 0 atom stereocenters. The van der Waals surface area contributed by atoms with E-state index in [1.165, 1.54) is 0 Å². The van der Waals surface area contributed by atoms with Crippen LogP contribution in [0.15, 0.2) is 22.7 Å². The molecule has 2 rings (SSSR count). The summed E-state index contributed by atoms with van der Waals surface area (Å²) in [5.41, 5.74) is 1.91. The monoisotopic (exact) mass is 299 g/mol. The van der Waals surface area contributed by atoms with Crippen LogP contribution >= 0.6 is 27.7 Å². The lowest BCUT2D eigenvalue weighted by Crippen LogP contribution is -2.37. The van der Waals surface area contributed by atoms with Crippen molar-refractivity contribution in [2.45, 2.75) is 6.92 Å². The molecule has 1 saturated heterocycles. The molecule has 0 saturated carbocycles. The number of halogens is 1. The summed E-state index contributed by atoms with van der Waals surface area (Å²) in [6.07, 6.45) is 0. The molecule has 1 aliphatic rings. The molecule has 2 nitrogen and oxygen atoms in total. The van der Waals surface area contributed by atoms with Crippen LogP contribution < -0.4 is 0 Å². The Labute approximate surface area is 109 Å². The van der Waals surface area contributed by atoms with Gasteiger partial charge in [-0.2, -0.15) is 11.8 Å². The highest BCUT2D eigenvalue weighted by Gasteiger charge is 2.18. The largest absolute Gasteiger partial charge is 0.337 e. The van der Waals surface area contributed by atoms with Crippen LogP contribution in [0.2, 0.25) is 0 Å². The van der Waals surface area contributed by atoms with Gasteiger partial charge in [-0.3, -0.25) is 4.79 Å². The summed E-state index contributed by atoms with van der Waals surface area (Å²) < 4.78 is 0.974. The molecule has 0 radical (unpaired) electrons. The topological polar surface area (TPSA) is 20.3 Å². The van der Waals surface area contributed by atoms with E-state index in [4.69, 9.17) is 0 Å². The number of rotatable bonds is 1. The number of nitrogens with zero attached hydrogens (tertiary/aromatic N) is 1. The van der Waals surface area contributed by atoms with Gasteiger partial charge >= 0.3 is 0 Å². The average molecular weight is 300 g/mol. The van der Waals surface area contributed by atoms with Gasteiger partial charge in [0, 0.05) is 34.6 Å². The molecule has 1 heterocycles. The number of hydrogen-bond donors (Lipinski definition) is 0. The zero-order chi connectivity index (χ0) is 11.5. The smallest absolute Gasteiger partial charge is 0.253 e. The van der Waals surface area contributed by atoms with Gasteiger partial charge in [0.05, 0.1) is 0 Å². The van der Waals surface area contributed by atoms with Crippen LogP contribution in [0.1, 0.15) is 15.9 Å². The fourth-order valence-corrected chi connectivity index (χ4v) is 3.32. The van der Waals surface area contributed by atoms with Crippen molar-refractivity contribution in [2.75, 3.05) is 24.6 Å². The predicted molar refractivity (Wildman–Crippen MR) is 72.1 cm³/mol. The van der Waals surface area contributed by atoms with E-state index in [1.54, 1.807) is 0 Å². The highest BCUT2D eigenvalue weighted by molar-refractivity contribution is 9.10. The Hall–Kier alpha value is -0.480. The number of benzene rings is 1. The van der Waals surface area contributed by atoms with Crippen molar-refractivity contribution in [2.24, 2.45) is 0 Å². The Bertz CT molecular complexity index is 382. The molecular weight excluding hydrogens is 286 g/mol. The Morgan fingerprint density at radius 3 is 2.62 bits per heavy atom. The van der Waals surface area contributed by atoms with Gasteiger partial charge in [0.15, 0.2) is 0 Å². The van der Waals surface area contributed by atoms with E-state index in [0.29, 0.717) is 0 Å². The molecule has 0 unspecified atom stereocenters. The van der Waals surface area contributed by atoms with Crippen LogP contribution in [0.3, 0.4) is 0 Å². The molecule has 1 aliphatic heterocycles. The first kappa shape index (κ1) is 12.0. The zero-order valence-electron chi connectivity index (χ0n) is 9.20. The van der Waals surface area contributed by atoms with Gasteiger partial charge in [0.25, 0.3) is 5.91 Å². The molecule has 86 valence electrons. The van der Waals surface area contributed by atoms with Crippen LogP contribution in [-0.2, 0) is 0 Å². The van der Waals surface area contributed by atoms with E-state index in [1.807, 2.05) is 41.8 Å². The Morgan fingerprint density at radius 1 is 1.31 bits per heavy atom. The molecule has 0 aliphatic carbocycles. The minimum atomic E-state index is 0.157. The van der Waals surface area contributed by atoms with Crippen LogP contribution in [0.4, 0.5) is 0 Å². The molecule has 16 heavy (non-hydrogen) atoms. The lowest BCUT2D eigenvalue weighted by Gasteiger charge is -2.26. The summed E-state index contributed by atoms with van der Waals surface area (Å²) in [4.78, 5) is 14.1. The van der Waals surface area contributed by atoms with Gasteiger partial charge in [0.2, 0.25) is 0 Å². The molecule has 1 aromatic rings. The lowest BCUT2D eigenvalue weighted by molar-refractivity contribution is 0.0772. The molecule has 0 N–H and O–H groups in total. The first-order valence-corrected chi connectivity index (χ1v) is 7.26. The van der Waals surface area contributed by atoms with Crippen molar-refractivity contribution in [1.29, 1.82) is 0 Å². The molecule has 0 spiro atoms. The van der Waals surface area contributed by atoms with E-state index in [0.717, 1.165) is 40.2 Å². The van der Waals surface area contributed by atoms with Gasteiger partial charge in [0.1, 0.15) is 0 Å². The Morgan fingerprint density at radius 2 is 2.00 bits per heavy atom. The Balaban J connectivity index is 2.19. The van der Waals surface area contributed by atoms with Crippen molar-refractivity contribution >= 4 is 33.6 Å². The summed E-state index contributed by atoms with van der Waals surface area (Å²) in [5, 5.41) is 0. The van der Waals surface area contributed by atoms with Crippen molar-refractivity contribution < 1.29 is 4.79 Å². The maximum atomic E-state index is 12.2. The maximum absolute atomic E-state index is 12.2. The second-order valence-electron chi connectivity index (χ2n) is 3.92. The molecule has 0 aromatic heterocycles. The number of amides is 1. The van der Waals surface area contributed by atoms with E-state index < -0.39 is 0 Å². The first-order valence-electron chi connectivity index (χ1n) is 5.31. The predicted octanol–water partition coefficient (Wildman–Crippen LogP) is 2.95. The van der Waals surface area contributed by atoms with Crippen LogP contribution in [0.25, 0.3) is 0 Å². The third-order valence-electron chi connectivity index (χ3n) is 2.59. The summed E-state index contributed by atoms with van der Waals surface area (Å²) in [5.74, 6) is 2.27. The van der Waals surface area contributed by atoms with Crippen LogP contribution in [-0.4, -0.2) is 35.4 Å². The van der Waals surface area contributed by atoms with Gasteiger partial charge in [-0.05, 0) is 30.7 Å². The summed E-state index contributed by atoms with van der Waals surface area (Å²) in [7, 11) is 0. The van der Waals surface area contributed by atoms with Crippen LogP contribution in [0, 0.1) is 6.92 Å². The zero-order valence-corrected chi connectivity index (χ0v) is 11.6. The minimum absolute atomic E-state index is 0.157. The molecule has 1 aromatic carbocycles. The number of aryl methyl sites for hydroxylation is 1. The summed E-state index contributed by atoms with van der Waals surface area (Å²) in [6.45, 7) is 3.75. The fraction of sp³-hybridized carbons (Fsp3) is 0.417. The quantitative estimate of drug-likeness (QED) is 0.795. The highest BCUT2D eigenvalue weighted by atomic mass is 79.9. The number of thioether (sulfide) groups is 1. The average Bonchev–Trinajstić information content (AvgIpc) is 2.28. The maximum Gasteiger partial charge on any atom is 0.253 e. The van der Waals surface area contributed by atoms with Gasteiger partial charge in [-0.25, -0.2) is 0 Å². The van der Waals surface area contributed by atoms with Crippen molar-refractivity contribution in [3.8, 4) is 0 Å². The van der Waals surface area contributed by atoms with E-state index in [2.05, 4.69) is 15.9 Å². The van der Waals surface area contributed by atoms with Gasteiger partial charge < -0.3 is 4.90 Å². The van der Waals surface area contributed by atoms with E-state index >= 15 is 0 Å². The molecular formula is C12H14BrNOS. The number of hydrogen-bond acceptors (Lipinski definition) is 2. The fourth-order valence-electron chi connectivity index (χ4n) is 1.81. The normalized spacial score (nSPS) is 16.2. The van der Waals surface area contributed by atoms with Crippen molar-refractivity contribution in [1.82, 2.24) is 4.90 Å². The standard InChI is InChI=1S/C12H14BrNOS/c1-9-6-10(8-11(13)7-9)12(15)14-2-4-16-5-3-14/h6-8H,2-5H2,1H3. The minimum Gasteiger partial charge on any atom is -0.337 e. The Kier molecular flexibility index (Phi) is 3.92. The SMILES string of the molecule is Cc1cc(Br)cc(C(=O)N2CCSCC2)c1. The first-order chi connectivity index (χ1) is 7.66. The highest BCUT2D eigenvalue weighted by Crippen LogP contribution is 2.18. The second kappa shape index (κ2) is 5.23. The number of carbonyl (C=O) groups excluding carboxylic acids is 1. The molecule has 4 heteroatoms. The lowest BCUT2D eigenvalue weighted by atomic mass is 10.1. The van der Waals surface area contributed by atoms with E-state index in [-0.39, 0.29) is 5.91 Å². The molecule has 0 bridgehead atoms. The van der Waals surface area contributed by atoms with Gasteiger partial charge in [-0.1, -0.05) is 15.9 Å². The van der Waals surface area contributed by atoms with Crippen molar-refractivity contribution in [3.63, 3.8) is 0 Å². The third-order valence-corrected chi connectivity index (χ3v) is 3.99. The second-order valence-corrected chi connectivity index (χ2v) is 6.06. The van der Waals surface area contributed by atoms with E-state index in [9.17, 15) is 4.79 Å². The summed E-state index contributed by atoms with van der Waals surface area (Å²) in [6, 6.07) is 5.87. The van der Waals surface area contributed by atoms with Gasteiger partial charge in [-0.15, -0.1) is 0 Å². The molecule has 1 amide bonds. The van der Waals surface area contributed by atoms with Crippen LogP contribution in [0.5, 0.6) is 0 Å². The van der Waals surface area contributed by atoms with Crippen molar-refractivity contribution in [3.05, 3.63) is 33.8 Å².